The van der Waals surface area contributed by atoms with Gasteiger partial charge in [-0.15, -0.1) is 0 Å². The molecule has 0 bridgehead atoms. The monoisotopic (exact) mass is 348 g/mol. The Bertz CT molecular complexity index is 1040. The molecule has 26 heavy (non-hydrogen) atoms. The number of benzene rings is 1. The zero-order chi connectivity index (χ0) is 18.1. The minimum Gasteiger partial charge on any atom is -0.465 e. The number of carbonyl (C=O) groups excluding carboxylic acids is 2. The Balaban J connectivity index is 1.86. The van der Waals surface area contributed by atoms with Crippen LogP contribution < -0.4 is 5.73 Å². The van der Waals surface area contributed by atoms with Crippen LogP contribution in [0.3, 0.4) is 0 Å². The summed E-state index contributed by atoms with van der Waals surface area (Å²) in [6, 6.07) is 11.1. The zero-order valence-corrected chi connectivity index (χ0v) is 13.9. The summed E-state index contributed by atoms with van der Waals surface area (Å²) in [6.45, 7) is -0.445. The molecule has 2 N–H and O–H groups in total. The van der Waals surface area contributed by atoms with Crippen LogP contribution in [0.5, 0.6) is 0 Å². The highest BCUT2D eigenvalue weighted by atomic mass is 16.5. The molecule has 1 aliphatic rings. The molecule has 0 fully saturated rings. The number of primary amides is 1. The molecule has 130 valence electrons. The van der Waals surface area contributed by atoms with Gasteiger partial charge in [0.25, 0.3) is 5.91 Å². The molecular formula is C20H16N2O4. The molecule has 0 saturated carbocycles. The van der Waals surface area contributed by atoms with Crippen molar-refractivity contribution in [1.29, 1.82) is 0 Å². The number of furan rings is 1. The predicted octanol–water partition coefficient (Wildman–Crippen LogP) is 2.96. The smallest absolute Gasteiger partial charge is 0.339 e. The number of aromatic nitrogens is 1. The number of ether oxygens (including phenoxy) is 1. The van der Waals surface area contributed by atoms with Gasteiger partial charge >= 0.3 is 5.97 Å². The van der Waals surface area contributed by atoms with Gasteiger partial charge in [-0.25, -0.2) is 9.78 Å². The van der Waals surface area contributed by atoms with Gasteiger partial charge in [-0.1, -0.05) is 18.2 Å². The summed E-state index contributed by atoms with van der Waals surface area (Å²) in [6.07, 6.45) is 4.96. The van der Waals surface area contributed by atoms with Crippen molar-refractivity contribution < 1.29 is 18.7 Å². The molecule has 1 aromatic carbocycles. The van der Waals surface area contributed by atoms with Crippen LogP contribution in [-0.4, -0.2) is 23.5 Å². The first-order valence-corrected chi connectivity index (χ1v) is 8.25. The van der Waals surface area contributed by atoms with Gasteiger partial charge in [-0.2, -0.15) is 0 Å². The first-order chi connectivity index (χ1) is 12.6. The highest BCUT2D eigenvalue weighted by Crippen LogP contribution is 2.37. The van der Waals surface area contributed by atoms with E-state index < -0.39 is 18.5 Å². The van der Waals surface area contributed by atoms with E-state index in [1.54, 1.807) is 6.26 Å². The van der Waals surface area contributed by atoms with Crippen LogP contribution in [0.4, 0.5) is 0 Å². The number of hydrogen-bond acceptors (Lipinski definition) is 5. The molecule has 0 aliphatic heterocycles. The molecule has 3 aromatic rings. The van der Waals surface area contributed by atoms with Crippen molar-refractivity contribution in [3.05, 3.63) is 65.2 Å². The van der Waals surface area contributed by atoms with Crippen LogP contribution in [0.15, 0.2) is 47.1 Å². The van der Waals surface area contributed by atoms with Crippen LogP contribution in [-0.2, 0) is 16.0 Å². The second-order valence-electron chi connectivity index (χ2n) is 6.06. The van der Waals surface area contributed by atoms with Gasteiger partial charge < -0.3 is 14.9 Å². The third kappa shape index (κ3) is 2.86. The minimum absolute atomic E-state index is 0.445. The summed E-state index contributed by atoms with van der Waals surface area (Å²) >= 11 is 0. The Hall–Kier alpha value is -3.41. The Morgan fingerprint density at radius 2 is 2.04 bits per heavy atom. The number of allylic oxidation sites excluding steroid dienone is 1. The summed E-state index contributed by atoms with van der Waals surface area (Å²) in [5.41, 5.74) is 8.85. The lowest BCUT2D eigenvalue weighted by molar-refractivity contribution is -0.121. The van der Waals surface area contributed by atoms with E-state index >= 15 is 0 Å². The third-order valence-electron chi connectivity index (χ3n) is 4.35. The second kappa shape index (κ2) is 6.48. The average Bonchev–Trinajstić information content (AvgIpc) is 3.28. The van der Waals surface area contributed by atoms with E-state index in [0.717, 1.165) is 29.0 Å². The molecule has 0 unspecified atom stereocenters. The highest BCUT2D eigenvalue weighted by Gasteiger charge is 2.27. The number of amides is 1. The van der Waals surface area contributed by atoms with E-state index in [4.69, 9.17) is 19.9 Å². The maximum atomic E-state index is 12.7. The van der Waals surface area contributed by atoms with E-state index in [1.165, 1.54) is 0 Å². The van der Waals surface area contributed by atoms with Crippen molar-refractivity contribution >= 4 is 34.4 Å². The standard InChI is InChI=1S/C20H16N2O4/c21-17(23)11-26-20(24)18-14-5-1-2-6-16(14)22-19-12(7-8-15(18)19)10-13-4-3-9-25-13/h1-6,9-10H,7-8,11H2,(H2,21,23)/b12-10+. The summed E-state index contributed by atoms with van der Waals surface area (Å²) in [5, 5.41) is 0.708. The van der Waals surface area contributed by atoms with Crippen molar-refractivity contribution in [2.45, 2.75) is 12.8 Å². The minimum atomic E-state index is -0.688. The van der Waals surface area contributed by atoms with Gasteiger partial charge in [0.15, 0.2) is 6.61 Å². The molecule has 6 heteroatoms. The first kappa shape index (κ1) is 16.1. The normalized spacial score (nSPS) is 14.5. The van der Waals surface area contributed by atoms with Crippen molar-refractivity contribution in [3.63, 3.8) is 0 Å². The van der Waals surface area contributed by atoms with Gasteiger partial charge in [0.2, 0.25) is 0 Å². The molecule has 0 saturated heterocycles. The quantitative estimate of drug-likeness (QED) is 0.731. The molecule has 0 atom stereocenters. The Kier molecular flexibility index (Phi) is 4.01. The topological polar surface area (TPSA) is 95.4 Å². The predicted molar refractivity (Wildman–Crippen MR) is 96.1 cm³/mol. The molecule has 1 aliphatic carbocycles. The molecule has 0 spiro atoms. The van der Waals surface area contributed by atoms with Gasteiger partial charge in [0, 0.05) is 5.39 Å². The number of carbonyl (C=O) groups is 2. The number of rotatable bonds is 4. The van der Waals surface area contributed by atoms with Crippen molar-refractivity contribution in [3.8, 4) is 0 Å². The van der Waals surface area contributed by atoms with Gasteiger partial charge in [0.1, 0.15) is 5.76 Å². The van der Waals surface area contributed by atoms with Crippen molar-refractivity contribution in [2.24, 2.45) is 5.73 Å². The largest absolute Gasteiger partial charge is 0.465 e. The molecule has 2 aromatic heterocycles. The average molecular weight is 348 g/mol. The number of esters is 1. The molecule has 1 amide bonds. The number of nitrogens with two attached hydrogens (primary N) is 1. The fourth-order valence-electron chi connectivity index (χ4n) is 3.27. The maximum Gasteiger partial charge on any atom is 0.339 e. The van der Waals surface area contributed by atoms with E-state index in [-0.39, 0.29) is 0 Å². The lowest BCUT2D eigenvalue weighted by Crippen LogP contribution is -2.21. The molecule has 4 rings (SSSR count). The van der Waals surface area contributed by atoms with Crippen molar-refractivity contribution in [1.82, 2.24) is 4.98 Å². The number of para-hydroxylation sites is 1. The van der Waals surface area contributed by atoms with Crippen LogP contribution in [0.1, 0.15) is 33.8 Å². The van der Waals surface area contributed by atoms with Gasteiger partial charge in [-0.3, -0.25) is 4.79 Å². The number of pyridine rings is 1. The summed E-state index contributed by atoms with van der Waals surface area (Å²) in [7, 11) is 0. The number of nitrogens with zero attached hydrogens (tertiary/aromatic N) is 1. The first-order valence-electron chi connectivity index (χ1n) is 8.25. The van der Waals surface area contributed by atoms with E-state index in [9.17, 15) is 9.59 Å². The SMILES string of the molecule is NC(=O)COC(=O)c1c2c(nc3ccccc13)/C(=C/c1ccco1)CC2. The Morgan fingerprint density at radius 1 is 1.19 bits per heavy atom. The molecule has 6 nitrogen and oxygen atoms in total. The fraction of sp³-hybridized carbons (Fsp3) is 0.150. The van der Waals surface area contributed by atoms with E-state index in [1.807, 2.05) is 42.5 Å². The van der Waals surface area contributed by atoms with Crippen molar-refractivity contribution in [2.75, 3.05) is 6.61 Å². The summed E-state index contributed by atoms with van der Waals surface area (Å²) < 4.78 is 10.5. The number of hydrogen-bond donors (Lipinski definition) is 1. The van der Waals surface area contributed by atoms with Crippen LogP contribution in [0.2, 0.25) is 0 Å². The van der Waals surface area contributed by atoms with E-state index in [0.29, 0.717) is 22.9 Å². The lowest BCUT2D eigenvalue weighted by atomic mass is 10.0. The Morgan fingerprint density at radius 3 is 2.81 bits per heavy atom. The molecule has 2 heterocycles. The maximum absolute atomic E-state index is 12.7. The Labute approximate surface area is 149 Å². The second-order valence-corrected chi connectivity index (χ2v) is 6.06. The van der Waals surface area contributed by atoms with Crippen LogP contribution >= 0.6 is 0 Å². The summed E-state index contributed by atoms with van der Waals surface area (Å²) in [4.78, 5) is 28.4. The van der Waals surface area contributed by atoms with Crippen LogP contribution in [0.25, 0.3) is 22.6 Å². The lowest BCUT2D eigenvalue weighted by Gasteiger charge is -2.11. The van der Waals surface area contributed by atoms with Gasteiger partial charge in [-0.05, 0) is 48.3 Å². The van der Waals surface area contributed by atoms with Crippen LogP contribution in [0, 0.1) is 0 Å². The fourth-order valence-corrected chi connectivity index (χ4v) is 3.27. The van der Waals surface area contributed by atoms with E-state index in [2.05, 4.69) is 0 Å². The number of fused-ring (bicyclic) bond motifs is 2. The zero-order valence-electron chi connectivity index (χ0n) is 13.9. The molecular weight excluding hydrogens is 332 g/mol. The third-order valence-corrected chi connectivity index (χ3v) is 4.35. The summed E-state index contributed by atoms with van der Waals surface area (Å²) in [5.74, 6) is -0.509. The molecule has 0 radical (unpaired) electrons. The highest BCUT2D eigenvalue weighted by molar-refractivity contribution is 6.07. The van der Waals surface area contributed by atoms with Gasteiger partial charge in [0.05, 0.1) is 23.0 Å².